The van der Waals surface area contributed by atoms with Crippen molar-refractivity contribution in [3.8, 4) is 0 Å². The van der Waals surface area contributed by atoms with Crippen molar-refractivity contribution < 1.29 is 4.79 Å². The molecule has 0 aromatic carbocycles. The Morgan fingerprint density at radius 2 is 2.22 bits per heavy atom. The molecule has 1 N–H and O–H groups in total. The summed E-state index contributed by atoms with van der Waals surface area (Å²) in [5, 5.41) is 2.87. The predicted molar refractivity (Wildman–Crippen MR) is 76.9 cm³/mol. The van der Waals surface area contributed by atoms with Gasteiger partial charge < -0.3 is 5.32 Å². The molecule has 0 saturated carbocycles. The zero-order chi connectivity index (χ0) is 13.1. The molecule has 1 amide bonds. The average Bonchev–Trinajstić information content (AvgIpc) is 2.66. The van der Waals surface area contributed by atoms with Gasteiger partial charge in [0.1, 0.15) is 10.3 Å². The first kappa shape index (κ1) is 13.2. The van der Waals surface area contributed by atoms with Gasteiger partial charge in [0.25, 0.3) is 5.91 Å². The van der Waals surface area contributed by atoms with E-state index in [0.717, 1.165) is 4.88 Å². The Balaban J connectivity index is 2.00. The van der Waals surface area contributed by atoms with E-state index in [1.807, 2.05) is 0 Å². The van der Waals surface area contributed by atoms with E-state index in [-0.39, 0.29) is 5.91 Å². The van der Waals surface area contributed by atoms with Crippen LogP contribution in [0.4, 0.5) is 0 Å². The third-order valence-electron chi connectivity index (χ3n) is 2.59. The highest BCUT2D eigenvalue weighted by Gasteiger charge is 2.08. The number of halogens is 1. The molecule has 0 unspecified atom stereocenters. The SMILES string of the molecule is Cc1cc(CNC(=O)c2cccc(Br)n2)sc1C. The van der Waals surface area contributed by atoms with Gasteiger partial charge >= 0.3 is 0 Å². The molecule has 2 rings (SSSR count). The molecule has 3 nitrogen and oxygen atoms in total. The van der Waals surface area contributed by atoms with Gasteiger partial charge in [0.2, 0.25) is 0 Å². The second-order valence-electron chi connectivity index (χ2n) is 3.98. The molecule has 0 aliphatic carbocycles. The Bertz CT molecular complexity index is 561. The monoisotopic (exact) mass is 324 g/mol. The fourth-order valence-corrected chi connectivity index (χ4v) is 2.87. The number of aromatic nitrogens is 1. The summed E-state index contributed by atoms with van der Waals surface area (Å²) in [5.41, 5.74) is 1.69. The van der Waals surface area contributed by atoms with E-state index in [1.165, 1.54) is 10.4 Å². The Kier molecular flexibility index (Phi) is 4.14. The van der Waals surface area contributed by atoms with Gasteiger partial charge in [0, 0.05) is 9.75 Å². The van der Waals surface area contributed by atoms with Crippen LogP contribution in [0.3, 0.4) is 0 Å². The minimum absolute atomic E-state index is 0.153. The number of hydrogen-bond donors (Lipinski definition) is 1. The van der Waals surface area contributed by atoms with Crippen molar-refractivity contribution in [1.29, 1.82) is 0 Å². The third kappa shape index (κ3) is 3.17. The first-order valence-corrected chi connectivity index (χ1v) is 7.14. The highest BCUT2D eigenvalue weighted by Crippen LogP contribution is 2.20. The quantitative estimate of drug-likeness (QED) is 0.878. The smallest absolute Gasteiger partial charge is 0.270 e. The van der Waals surface area contributed by atoms with Crippen LogP contribution in [-0.4, -0.2) is 10.9 Å². The fraction of sp³-hybridized carbons (Fsp3) is 0.231. The van der Waals surface area contributed by atoms with Crippen LogP contribution in [-0.2, 0) is 6.54 Å². The standard InChI is InChI=1S/C13H13BrN2OS/c1-8-6-10(18-9(8)2)7-15-13(17)11-4-3-5-12(14)16-11/h3-6H,7H2,1-2H3,(H,15,17). The molecule has 18 heavy (non-hydrogen) atoms. The van der Waals surface area contributed by atoms with Gasteiger partial charge in [-0.05, 0) is 53.5 Å². The normalized spacial score (nSPS) is 10.4. The lowest BCUT2D eigenvalue weighted by molar-refractivity contribution is 0.0946. The summed E-state index contributed by atoms with van der Waals surface area (Å²) < 4.78 is 0.665. The number of nitrogens with one attached hydrogen (secondary N) is 1. The van der Waals surface area contributed by atoms with E-state index in [0.29, 0.717) is 16.8 Å². The molecule has 0 saturated heterocycles. The summed E-state index contributed by atoms with van der Waals surface area (Å²) in [6.45, 7) is 4.71. The molecule has 0 aliphatic rings. The van der Waals surface area contributed by atoms with E-state index in [1.54, 1.807) is 29.5 Å². The van der Waals surface area contributed by atoms with Gasteiger partial charge in [-0.1, -0.05) is 6.07 Å². The maximum Gasteiger partial charge on any atom is 0.270 e. The molecule has 2 aromatic heterocycles. The number of nitrogens with zero attached hydrogens (tertiary/aromatic N) is 1. The number of thiophene rings is 1. The third-order valence-corrected chi connectivity index (χ3v) is 4.18. The minimum Gasteiger partial charge on any atom is -0.346 e. The van der Waals surface area contributed by atoms with Crippen molar-refractivity contribution in [3.63, 3.8) is 0 Å². The van der Waals surface area contributed by atoms with Gasteiger partial charge in [-0.3, -0.25) is 4.79 Å². The van der Waals surface area contributed by atoms with Crippen molar-refractivity contribution in [2.75, 3.05) is 0 Å². The lowest BCUT2D eigenvalue weighted by Crippen LogP contribution is -2.23. The molecule has 94 valence electrons. The van der Waals surface area contributed by atoms with Crippen LogP contribution >= 0.6 is 27.3 Å². The van der Waals surface area contributed by atoms with E-state index >= 15 is 0 Å². The average molecular weight is 325 g/mol. The number of carbonyl (C=O) groups is 1. The first-order valence-electron chi connectivity index (χ1n) is 5.53. The Morgan fingerprint density at radius 1 is 1.44 bits per heavy atom. The zero-order valence-corrected chi connectivity index (χ0v) is 12.6. The van der Waals surface area contributed by atoms with Gasteiger partial charge in [0.15, 0.2) is 0 Å². The number of carbonyl (C=O) groups excluding carboxylic acids is 1. The van der Waals surface area contributed by atoms with Crippen molar-refractivity contribution in [2.45, 2.75) is 20.4 Å². The molecule has 0 atom stereocenters. The van der Waals surface area contributed by atoms with Crippen molar-refractivity contribution >= 4 is 33.2 Å². The predicted octanol–water partition coefficient (Wildman–Crippen LogP) is 3.45. The maximum atomic E-state index is 11.9. The number of hydrogen-bond acceptors (Lipinski definition) is 3. The summed E-state index contributed by atoms with van der Waals surface area (Å²) >= 11 is 4.96. The lowest BCUT2D eigenvalue weighted by Gasteiger charge is -2.03. The molecule has 0 bridgehead atoms. The van der Waals surface area contributed by atoms with E-state index in [4.69, 9.17) is 0 Å². The number of amides is 1. The van der Waals surface area contributed by atoms with Crippen LogP contribution < -0.4 is 5.32 Å². The number of aryl methyl sites for hydroxylation is 2. The van der Waals surface area contributed by atoms with Crippen LogP contribution in [0.25, 0.3) is 0 Å². The van der Waals surface area contributed by atoms with Crippen LogP contribution in [0.5, 0.6) is 0 Å². The van der Waals surface area contributed by atoms with Crippen molar-refractivity contribution in [2.24, 2.45) is 0 Å². The zero-order valence-electron chi connectivity index (χ0n) is 10.2. The Hall–Kier alpha value is -1.20. The molecule has 2 aromatic rings. The van der Waals surface area contributed by atoms with E-state index < -0.39 is 0 Å². The van der Waals surface area contributed by atoms with Crippen molar-refractivity contribution in [1.82, 2.24) is 10.3 Å². The van der Waals surface area contributed by atoms with Gasteiger partial charge in [-0.25, -0.2) is 4.98 Å². The first-order chi connectivity index (χ1) is 8.56. The van der Waals surface area contributed by atoms with Gasteiger partial charge in [-0.2, -0.15) is 0 Å². The van der Waals surface area contributed by atoms with Crippen molar-refractivity contribution in [3.05, 3.63) is 49.9 Å². The summed E-state index contributed by atoms with van der Waals surface area (Å²) in [6, 6.07) is 7.40. The Morgan fingerprint density at radius 3 is 2.83 bits per heavy atom. The fourth-order valence-electron chi connectivity index (χ4n) is 1.53. The largest absolute Gasteiger partial charge is 0.346 e. The molecular formula is C13H13BrN2OS. The molecular weight excluding hydrogens is 312 g/mol. The lowest BCUT2D eigenvalue weighted by atomic mass is 10.3. The molecule has 0 spiro atoms. The highest BCUT2D eigenvalue weighted by molar-refractivity contribution is 9.10. The molecule has 5 heteroatoms. The summed E-state index contributed by atoms with van der Waals surface area (Å²) in [4.78, 5) is 18.4. The van der Waals surface area contributed by atoms with E-state index in [9.17, 15) is 4.79 Å². The molecule has 2 heterocycles. The maximum absolute atomic E-state index is 11.9. The van der Waals surface area contributed by atoms with Crippen LogP contribution in [0.1, 0.15) is 25.8 Å². The highest BCUT2D eigenvalue weighted by atomic mass is 79.9. The van der Waals surface area contributed by atoms with E-state index in [2.05, 4.69) is 46.1 Å². The Labute approximate surface area is 118 Å². The number of rotatable bonds is 3. The second kappa shape index (κ2) is 5.63. The molecule has 0 aliphatic heterocycles. The molecule has 0 fully saturated rings. The summed E-state index contributed by atoms with van der Waals surface area (Å²) in [7, 11) is 0. The van der Waals surface area contributed by atoms with Crippen LogP contribution in [0.15, 0.2) is 28.9 Å². The summed E-state index contributed by atoms with van der Waals surface area (Å²) in [6.07, 6.45) is 0. The van der Waals surface area contributed by atoms with Gasteiger partial charge in [0.05, 0.1) is 6.54 Å². The molecule has 0 radical (unpaired) electrons. The topological polar surface area (TPSA) is 42.0 Å². The van der Waals surface area contributed by atoms with Crippen LogP contribution in [0.2, 0.25) is 0 Å². The summed E-state index contributed by atoms with van der Waals surface area (Å²) in [5.74, 6) is -0.153. The van der Waals surface area contributed by atoms with Crippen LogP contribution in [0, 0.1) is 13.8 Å². The minimum atomic E-state index is -0.153. The number of pyridine rings is 1. The second-order valence-corrected chi connectivity index (χ2v) is 6.13. The van der Waals surface area contributed by atoms with Gasteiger partial charge in [-0.15, -0.1) is 11.3 Å².